The number of carbonyl (C=O) groups excluding carboxylic acids is 1. The maximum absolute atomic E-state index is 12.4. The highest BCUT2D eigenvalue weighted by molar-refractivity contribution is 7.84. The number of rotatable bonds is 3. The van der Waals surface area contributed by atoms with E-state index < -0.39 is 10.8 Å². The lowest BCUT2D eigenvalue weighted by atomic mass is 10.1. The Labute approximate surface area is 137 Å². The van der Waals surface area contributed by atoms with E-state index in [-0.39, 0.29) is 12.1 Å². The molecule has 1 saturated heterocycles. The van der Waals surface area contributed by atoms with Crippen molar-refractivity contribution >= 4 is 22.5 Å². The molecule has 1 aliphatic rings. The number of likely N-dealkylation sites (tertiary alicyclic amines) is 1. The van der Waals surface area contributed by atoms with Crippen LogP contribution in [0.3, 0.4) is 0 Å². The third kappa shape index (κ3) is 3.76. The van der Waals surface area contributed by atoms with Gasteiger partial charge in [-0.2, -0.15) is 5.10 Å². The highest BCUT2D eigenvalue weighted by Crippen LogP contribution is 2.21. The number of nitrogens with one attached hydrogen (secondary N) is 1. The van der Waals surface area contributed by atoms with Crippen LogP contribution in [0.25, 0.3) is 0 Å². The van der Waals surface area contributed by atoms with Gasteiger partial charge in [0.05, 0.1) is 6.04 Å². The van der Waals surface area contributed by atoms with E-state index in [0.29, 0.717) is 12.2 Å². The van der Waals surface area contributed by atoms with Crippen molar-refractivity contribution in [2.45, 2.75) is 23.8 Å². The summed E-state index contributed by atoms with van der Waals surface area (Å²) in [5.74, 6) is 0. The topological polar surface area (TPSA) is 80.1 Å². The van der Waals surface area contributed by atoms with Gasteiger partial charge in [0.1, 0.15) is 12.7 Å². The summed E-state index contributed by atoms with van der Waals surface area (Å²) < 4.78 is 13.2. The number of carbonyl (C=O) groups is 1. The second-order valence-electron chi connectivity index (χ2n) is 5.53. The molecule has 0 spiro atoms. The molecule has 1 aliphatic heterocycles. The number of hydrogen-bond acceptors (Lipinski definition) is 4. The van der Waals surface area contributed by atoms with Crippen LogP contribution < -0.4 is 5.32 Å². The van der Waals surface area contributed by atoms with Crippen molar-refractivity contribution in [3.8, 4) is 0 Å². The standard InChI is InChI=1S/C15H19N5O2S/c1-23(22)14-6-4-12(5-7-14)18-15(21)19-8-2-3-13(9-19)20-11-16-10-17-20/h4-7,10-11,13H,2-3,8-9H2,1H3,(H,18,21)/t13-,23-/m0/s1. The lowest BCUT2D eigenvalue weighted by molar-refractivity contribution is 0.174. The molecular weight excluding hydrogens is 314 g/mol. The SMILES string of the molecule is C[S@](=O)c1ccc(NC(=O)N2CCC[C@H](n3cncn3)C2)cc1. The van der Waals surface area contributed by atoms with Crippen molar-refractivity contribution in [1.29, 1.82) is 0 Å². The molecule has 1 aromatic heterocycles. The van der Waals surface area contributed by atoms with E-state index in [1.807, 2.05) is 4.68 Å². The highest BCUT2D eigenvalue weighted by Gasteiger charge is 2.25. The quantitative estimate of drug-likeness (QED) is 0.930. The van der Waals surface area contributed by atoms with E-state index in [0.717, 1.165) is 24.3 Å². The van der Waals surface area contributed by atoms with Gasteiger partial charge in [0.25, 0.3) is 0 Å². The van der Waals surface area contributed by atoms with Gasteiger partial charge in [0.2, 0.25) is 0 Å². The Balaban J connectivity index is 1.62. The molecule has 2 amide bonds. The zero-order valence-electron chi connectivity index (χ0n) is 12.9. The van der Waals surface area contributed by atoms with E-state index in [4.69, 9.17) is 0 Å². The average Bonchev–Trinajstić information content (AvgIpc) is 3.10. The second kappa shape index (κ2) is 6.91. The number of nitrogens with zero attached hydrogens (tertiary/aromatic N) is 4. The van der Waals surface area contributed by atoms with Crippen LogP contribution in [0, 0.1) is 0 Å². The molecule has 2 aromatic rings. The molecule has 8 heteroatoms. The minimum Gasteiger partial charge on any atom is -0.322 e. The largest absolute Gasteiger partial charge is 0.322 e. The lowest BCUT2D eigenvalue weighted by Crippen LogP contribution is -2.43. The summed E-state index contributed by atoms with van der Waals surface area (Å²) in [5, 5.41) is 7.05. The maximum Gasteiger partial charge on any atom is 0.321 e. The fraction of sp³-hybridized carbons (Fsp3) is 0.400. The molecule has 3 rings (SSSR count). The van der Waals surface area contributed by atoms with E-state index in [1.165, 1.54) is 6.33 Å². The molecule has 1 aromatic carbocycles. The smallest absolute Gasteiger partial charge is 0.321 e. The molecule has 23 heavy (non-hydrogen) atoms. The molecule has 2 atom stereocenters. The monoisotopic (exact) mass is 333 g/mol. The minimum atomic E-state index is -1.01. The Morgan fingerprint density at radius 1 is 1.35 bits per heavy atom. The fourth-order valence-corrected chi connectivity index (χ4v) is 3.21. The van der Waals surface area contributed by atoms with Gasteiger partial charge in [0.15, 0.2) is 0 Å². The van der Waals surface area contributed by atoms with Crippen molar-refractivity contribution in [2.75, 3.05) is 24.7 Å². The van der Waals surface area contributed by atoms with Gasteiger partial charge >= 0.3 is 6.03 Å². The molecule has 0 bridgehead atoms. The van der Waals surface area contributed by atoms with Gasteiger partial charge < -0.3 is 10.2 Å². The van der Waals surface area contributed by atoms with Crippen LogP contribution in [0.1, 0.15) is 18.9 Å². The average molecular weight is 333 g/mol. The number of aromatic nitrogens is 3. The van der Waals surface area contributed by atoms with Crippen molar-refractivity contribution in [3.63, 3.8) is 0 Å². The fourth-order valence-electron chi connectivity index (χ4n) is 2.69. The minimum absolute atomic E-state index is 0.125. The zero-order chi connectivity index (χ0) is 16.2. The summed E-state index contributed by atoms with van der Waals surface area (Å²) in [4.78, 5) is 18.9. The normalized spacial score (nSPS) is 19.3. The van der Waals surface area contributed by atoms with Gasteiger partial charge in [-0.3, -0.25) is 4.21 Å². The Hall–Kier alpha value is -2.22. The first-order chi connectivity index (χ1) is 11.1. The number of benzene rings is 1. The van der Waals surface area contributed by atoms with Gasteiger partial charge in [-0.1, -0.05) is 0 Å². The lowest BCUT2D eigenvalue weighted by Gasteiger charge is -2.32. The van der Waals surface area contributed by atoms with Crippen LogP contribution in [-0.4, -0.2) is 49.2 Å². The van der Waals surface area contributed by atoms with Crippen molar-refractivity contribution in [2.24, 2.45) is 0 Å². The first-order valence-electron chi connectivity index (χ1n) is 7.47. The molecule has 0 saturated carbocycles. The van der Waals surface area contributed by atoms with Crippen LogP contribution in [-0.2, 0) is 10.8 Å². The molecule has 1 N–H and O–H groups in total. The zero-order valence-corrected chi connectivity index (χ0v) is 13.7. The summed E-state index contributed by atoms with van der Waals surface area (Å²) in [5.41, 5.74) is 0.701. The third-order valence-electron chi connectivity index (χ3n) is 3.93. The van der Waals surface area contributed by atoms with Gasteiger partial charge in [-0.25, -0.2) is 14.5 Å². The van der Waals surface area contributed by atoms with Gasteiger partial charge in [0, 0.05) is 40.7 Å². The predicted molar refractivity (Wildman–Crippen MR) is 87.7 cm³/mol. The number of amides is 2. The molecule has 122 valence electrons. The number of anilines is 1. The van der Waals surface area contributed by atoms with Gasteiger partial charge in [-0.15, -0.1) is 0 Å². The van der Waals surface area contributed by atoms with Crippen molar-refractivity contribution in [3.05, 3.63) is 36.9 Å². The number of urea groups is 1. The van der Waals surface area contributed by atoms with Crippen LogP contribution in [0.2, 0.25) is 0 Å². The van der Waals surface area contributed by atoms with E-state index in [1.54, 1.807) is 41.7 Å². The highest BCUT2D eigenvalue weighted by atomic mass is 32.2. The summed E-state index contributed by atoms with van der Waals surface area (Å²) >= 11 is 0. The molecular formula is C15H19N5O2S. The predicted octanol–water partition coefficient (Wildman–Crippen LogP) is 1.88. The summed E-state index contributed by atoms with van der Waals surface area (Å²) in [6.45, 7) is 1.35. The Morgan fingerprint density at radius 3 is 2.78 bits per heavy atom. The van der Waals surface area contributed by atoms with Crippen molar-refractivity contribution < 1.29 is 9.00 Å². The van der Waals surface area contributed by atoms with Crippen LogP contribution in [0.4, 0.5) is 10.5 Å². The molecule has 2 heterocycles. The first kappa shape index (κ1) is 15.7. The van der Waals surface area contributed by atoms with Crippen molar-refractivity contribution in [1.82, 2.24) is 19.7 Å². The van der Waals surface area contributed by atoms with Gasteiger partial charge in [-0.05, 0) is 37.1 Å². The Morgan fingerprint density at radius 2 is 2.13 bits per heavy atom. The van der Waals surface area contributed by atoms with E-state index in [2.05, 4.69) is 15.4 Å². The second-order valence-corrected chi connectivity index (χ2v) is 6.91. The molecule has 0 unspecified atom stereocenters. The molecule has 7 nitrogen and oxygen atoms in total. The van der Waals surface area contributed by atoms with E-state index in [9.17, 15) is 9.00 Å². The molecule has 1 fully saturated rings. The van der Waals surface area contributed by atoms with Crippen LogP contribution in [0.15, 0.2) is 41.8 Å². The third-order valence-corrected chi connectivity index (χ3v) is 4.87. The Kier molecular flexibility index (Phi) is 4.71. The summed E-state index contributed by atoms with van der Waals surface area (Å²) in [7, 11) is -1.01. The maximum atomic E-state index is 12.4. The number of hydrogen-bond donors (Lipinski definition) is 1. The Bertz CT molecular complexity index is 686. The first-order valence-corrected chi connectivity index (χ1v) is 9.03. The van der Waals surface area contributed by atoms with Crippen LogP contribution in [0.5, 0.6) is 0 Å². The summed E-state index contributed by atoms with van der Waals surface area (Å²) in [6.07, 6.45) is 6.76. The van der Waals surface area contributed by atoms with E-state index >= 15 is 0 Å². The summed E-state index contributed by atoms with van der Waals surface area (Å²) in [6, 6.07) is 7.11. The number of piperidine rings is 1. The molecule has 0 radical (unpaired) electrons. The van der Waals surface area contributed by atoms with Crippen LogP contribution >= 0.6 is 0 Å². The molecule has 0 aliphatic carbocycles.